The highest BCUT2D eigenvalue weighted by atomic mass is 32.2. The van der Waals surface area contributed by atoms with E-state index in [1.54, 1.807) is 0 Å². The first kappa shape index (κ1) is 20.2. The van der Waals surface area contributed by atoms with Crippen LogP contribution in [0.3, 0.4) is 0 Å². The van der Waals surface area contributed by atoms with Gasteiger partial charge in [0.25, 0.3) is 0 Å². The van der Waals surface area contributed by atoms with Gasteiger partial charge in [-0.15, -0.1) is 0 Å². The summed E-state index contributed by atoms with van der Waals surface area (Å²) in [6.45, 7) is 8.36. The van der Waals surface area contributed by atoms with Crippen molar-refractivity contribution < 1.29 is 4.39 Å². The van der Waals surface area contributed by atoms with Crippen LogP contribution >= 0.6 is 11.8 Å². The molecule has 2 aromatic heterocycles. The fourth-order valence-electron chi connectivity index (χ4n) is 3.63. The molecule has 5 nitrogen and oxygen atoms in total. The summed E-state index contributed by atoms with van der Waals surface area (Å²) in [6, 6.07) is 10.4. The molecule has 1 fully saturated rings. The van der Waals surface area contributed by atoms with Crippen LogP contribution in [0.15, 0.2) is 41.6 Å². The predicted molar refractivity (Wildman–Crippen MR) is 118 cm³/mol. The number of anilines is 1. The summed E-state index contributed by atoms with van der Waals surface area (Å²) in [5.41, 5.74) is 5.30. The number of thioether (sulfide) groups is 1. The zero-order valence-electron chi connectivity index (χ0n) is 17.2. The smallest absolute Gasteiger partial charge is 0.177 e. The Kier molecular flexibility index (Phi) is 6.06. The molecular weight excluding hydrogens is 385 g/mol. The molecular formula is C22H28FN5S. The van der Waals surface area contributed by atoms with E-state index < -0.39 is 6.17 Å². The fraction of sp³-hybridized carbons (Fsp3) is 0.455. The van der Waals surface area contributed by atoms with Crippen molar-refractivity contribution in [3.63, 3.8) is 0 Å². The molecule has 2 unspecified atom stereocenters. The second kappa shape index (κ2) is 8.71. The van der Waals surface area contributed by atoms with Gasteiger partial charge in [-0.3, -0.25) is 0 Å². The molecule has 0 amide bonds. The van der Waals surface area contributed by atoms with Gasteiger partial charge in [0.15, 0.2) is 5.65 Å². The number of halogens is 1. The molecule has 4 rings (SSSR count). The first-order valence-corrected chi connectivity index (χ1v) is 11.1. The van der Waals surface area contributed by atoms with E-state index >= 15 is 0 Å². The van der Waals surface area contributed by atoms with Crippen LogP contribution in [0.25, 0.3) is 5.65 Å². The molecule has 1 saturated heterocycles. The minimum atomic E-state index is -0.859. The summed E-state index contributed by atoms with van der Waals surface area (Å²) in [4.78, 5) is 4.62. The first-order valence-electron chi connectivity index (χ1n) is 10.2. The highest BCUT2D eigenvalue weighted by molar-refractivity contribution is 7.99. The Morgan fingerprint density at radius 1 is 1.34 bits per heavy atom. The number of aryl methyl sites for hydroxylation is 1. The van der Waals surface area contributed by atoms with Gasteiger partial charge in [0.2, 0.25) is 0 Å². The Labute approximate surface area is 175 Å². The molecule has 3 aromatic rings. The van der Waals surface area contributed by atoms with Crippen molar-refractivity contribution in [1.29, 1.82) is 0 Å². The lowest BCUT2D eigenvalue weighted by Crippen LogP contribution is -2.39. The molecule has 29 heavy (non-hydrogen) atoms. The minimum absolute atomic E-state index is 0.0727. The van der Waals surface area contributed by atoms with Crippen LogP contribution in [0.1, 0.15) is 43.0 Å². The molecule has 0 saturated carbocycles. The number of hydrogen-bond donors (Lipinski definition) is 2. The van der Waals surface area contributed by atoms with Crippen molar-refractivity contribution >= 4 is 23.1 Å². The Balaban J connectivity index is 1.66. The van der Waals surface area contributed by atoms with Gasteiger partial charge in [-0.1, -0.05) is 49.9 Å². The van der Waals surface area contributed by atoms with Gasteiger partial charge in [0, 0.05) is 18.3 Å². The first-order chi connectivity index (χ1) is 14.0. The number of imidazole rings is 1. The van der Waals surface area contributed by atoms with E-state index in [1.165, 1.54) is 22.9 Å². The molecule has 1 aliphatic rings. The average molecular weight is 414 g/mol. The van der Waals surface area contributed by atoms with Gasteiger partial charge in [-0.2, -0.15) is 5.10 Å². The van der Waals surface area contributed by atoms with Crippen LogP contribution in [0.4, 0.5) is 10.1 Å². The fourth-order valence-corrected chi connectivity index (χ4v) is 4.73. The van der Waals surface area contributed by atoms with Crippen molar-refractivity contribution in [1.82, 2.24) is 19.9 Å². The number of piperidine rings is 1. The molecule has 0 spiro atoms. The number of alkyl halides is 1. The van der Waals surface area contributed by atoms with E-state index in [-0.39, 0.29) is 5.25 Å². The van der Waals surface area contributed by atoms with E-state index in [9.17, 15) is 4.39 Å². The summed E-state index contributed by atoms with van der Waals surface area (Å²) < 4.78 is 16.3. The number of rotatable bonds is 6. The van der Waals surface area contributed by atoms with Gasteiger partial charge in [-0.25, -0.2) is 13.9 Å². The largest absolute Gasteiger partial charge is 0.378 e. The molecule has 7 heteroatoms. The normalized spacial score (nSPS) is 19.8. The monoisotopic (exact) mass is 413 g/mol. The molecule has 0 aliphatic carbocycles. The van der Waals surface area contributed by atoms with Gasteiger partial charge in [0.05, 0.1) is 17.6 Å². The van der Waals surface area contributed by atoms with Gasteiger partial charge in [0.1, 0.15) is 11.2 Å². The second-order valence-corrected chi connectivity index (χ2v) is 9.17. The van der Waals surface area contributed by atoms with E-state index in [2.05, 4.69) is 54.6 Å². The van der Waals surface area contributed by atoms with E-state index in [1.807, 2.05) is 22.8 Å². The number of nitrogens with zero attached hydrogens (tertiary/aromatic N) is 3. The van der Waals surface area contributed by atoms with E-state index in [4.69, 9.17) is 5.10 Å². The SMILES string of the molecule is Cc1ccccc1CNc1cc(SC2CCNCC2F)nn2c(C(C)C)cnc12. The number of benzene rings is 1. The Morgan fingerprint density at radius 3 is 2.93 bits per heavy atom. The lowest BCUT2D eigenvalue weighted by molar-refractivity contribution is 0.275. The standard InChI is InChI=1S/C22H28FN5S/c1-14(2)19-13-26-22-18(25-11-16-7-5-4-6-15(16)3)10-21(27-28(19)22)29-20-8-9-24-12-17(20)23/h4-7,10,13-14,17,20,24-25H,8-9,11-12H2,1-3H3. The maximum Gasteiger partial charge on any atom is 0.177 e. The highest BCUT2D eigenvalue weighted by Crippen LogP contribution is 2.32. The molecule has 0 bridgehead atoms. The van der Waals surface area contributed by atoms with Gasteiger partial charge in [-0.05, 0) is 43.0 Å². The molecule has 0 radical (unpaired) electrons. The van der Waals surface area contributed by atoms with Crippen LogP contribution in [0.2, 0.25) is 0 Å². The van der Waals surface area contributed by atoms with Crippen molar-refractivity contribution in [2.24, 2.45) is 0 Å². The van der Waals surface area contributed by atoms with Crippen LogP contribution in [-0.4, -0.2) is 39.1 Å². The topological polar surface area (TPSA) is 54.2 Å². The third-order valence-corrected chi connectivity index (χ3v) is 6.69. The van der Waals surface area contributed by atoms with Crippen molar-refractivity contribution in [3.05, 3.63) is 53.3 Å². The summed E-state index contributed by atoms with van der Waals surface area (Å²) in [7, 11) is 0. The van der Waals surface area contributed by atoms with Crippen LogP contribution < -0.4 is 10.6 Å². The number of aromatic nitrogens is 3. The maximum atomic E-state index is 14.4. The summed E-state index contributed by atoms with van der Waals surface area (Å²) in [5.74, 6) is 0.301. The Morgan fingerprint density at radius 2 is 2.17 bits per heavy atom. The number of hydrogen-bond acceptors (Lipinski definition) is 5. The van der Waals surface area contributed by atoms with Crippen LogP contribution in [0, 0.1) is 6.92 Å². The van der Waals surface area contributed by atoms with Crippen molar-refractivity contribution in [2.45, 2.75) is 56.1 Å². The minimum Gasteiger partial charge on any atom is -0.378 e. The second-order valence-electron chi connectivity index (χ2n) is 7.91. The van der Waals surface area contributed by atoms with Crippen molar-refractivity contribution in [3.8, 4) is 0 Å². The molecule has 2 atom stereocenters. The number of fused-ring (bicyclic) bond motifs is 1. The summed E-state index contributed by atoms with van der Waals surface area (Å²) in [5, 5.41) is 12.2. The lowest BCUT2D eigenvalue weighted by Gasteiger charge is -2.26. The molecule has 3 heterocycles. The quantitative estimate of drug-likeness (QED) is 0.620. The number of nitrogens with one attached hydrogen (secondary N) is 2. The van der Waals surface area contributed by atoms with E-state index in [0.29, 0.717) is 19.0 Å². The average Bonchev–Trinajstić information content (AvgIpc) is 3.13. The van der Waals surface area contributed by atoms with Gasteiger partial charge < -0.3 is 10.6 Å². The highest BCUT2D eigenvalue weighted by Gasteiger charge is 2.26. The zero-order chi connectivity index (χ0) is 20.4. The Hall–Kier alpha value is -2.12. The summed E-state index contributed by atoms with van der Waals surface area (Å²) >= 11 is 1.54. The van der Waals surface area contributed by atoms with Gasteiger partial charge >= 0.3 is 0 Å². The van der Waals surface area contributed by atoms with E-state index in [0.717, 1.165) is 35.0 Å². The lowest BCUT2D eigenvalue weighted by atomic mass is 10.1. The molecule has 2 N–H and O–H groups in total. The zero-order valence-corrected chi connectivity index (χ0v) is 18.0. The van der Waals surface area contributed by atoms with Crippen LogP contribution in [0.5, 0.6) is 0 Å². The van der Waals surface area contributed by atoms with Crippen molar-refractivity contribution in [2.75, 3.05) is 18.4 Å². The molecule has 1 aliphatic heterocycles. The Bertz CT molecular complexity index is 986. The molecule has 1 aromatic carbocycles. The third-order valence-electron chi connectivity index (χ3n) is 5.41. The van der Waals surface area contributed by atoms with Crippen LogP contribution in [-0.2, 0) is 6.54 Å². The third kappa shape index (κ3) is 4.41. The summed E-state index contributed by atoms with van der Waals surface area (Å²) in [6.07, 6.45) is 1.84. The predicted octanol–water partition coefficient (Wildman–Crippen LogP) is 4.57. The molecule has 154 valence electrons. The maximum absolute atomic E-state index is 14.4.